The van der Waals surface area contributed by atoms with Gasteiger partial charge in [0, 0.05) is 14.1 Å². The zero-order chi connectivity index (χ0) is 20.8. The lowest BCUT2D eigenvalue weighted by Crippen LogP contribution is -2.21. The van der Waals surface area contributed by atoms with Crippen LogP contribution in [0.15, 0.2) is 60.7 Å². The molecule has 0 N–H and O–H groups in total. The molecule has 7 heteroatoms. The predicted molar refractivity (Wildman–Crippen MR) is 107 cm³/mol. The van der Waals surface area contributed by atoms with E-state index < -0.39 is 11.7 Å². The first-order chi connectivity index (χ1) is 13.8. The van der Waals surface area contributed by atoms with Crippen molar-refractivity contribution >= 4 is 22.7 Å². The molecule has 0 aliphatic carbocycles. The molecular weight excluding hydrogens is 381 g/mol. The first-order valence-corrected chi connectivity index (χ1v) is 8.94. The fourth-order valence-corrected chi connectivity index (χ4v) is 3.42. The molecule has 0 spiro atoms. The molecule has 1 heterocycles. The number of rotatable bonds is 3. The maximum Gasteiger partial charge on any atom is 0.416 e. The van der Waals surface area contributed by atoms with Gasteiger partial charge < -0.3 is 14.4 Å². The van der Waals surface area contributed by atoms with Gasteiger partial charge in [0.15, 0.2) is 11.5 Å². The summed E-state index contributed by atoms with van der Waals surface area (Å²) in [6, 6.07) is 17.0. The molecule has 0 amide bonds. The number of fused-ring (bicyclic) bond motifs is 2. The number of methoxy groups -OCH3 is 1. The SMILES string of the molecule is COc1cc(C(F)(F)F)cc(N(C)C)c1N1c2ccccc2Oc2ccccc21. The van der Waals surface area contributed by atoms with Crippen molar-refractivity contribution in [3.8, 4) is 17.2 Å². The highest BCUT2D eigenvalue weighted by Crippen LogP contribution is 2.55. The van der Waals surface area contributed by atoms with Crippen LogP contribution in [0.4, 0.5) is 35.9 Å². The number of nitrogens with zero attached hydrogens (tertiary/aromatic N) is 2. The average Bonchev–Trinajstić information content (AvgIpc) is 2.70. The van der Waals surface area contributed by atoms with Gasteiger partial charge in [-0.15, -0.1) is 0 Å². The molecular formula is C22H19F3N2O2. The smallest absolute Gasteiger partial charge is 0.416 e. The van der Waals surface area contributed by atoms with Gasteiger partial charge in [0.05, 0.1) is 29.7 Å². The van der Waals surface area contributed by atoms with E-state index in [0.717, 1.165) is 12.1 Å². The highest BCUT2D eigenvalue weighted by molar-refractivity contribution is 5.94. The summed E-state index contributed by atoms with van der Waals surface area (Å²) in [4.78, 5) is 3.52. The molecule has 0 bridgehead atoms. The second-order valence-electron chi connectivity index (χ2n) is 6.81. The van der Waals surface area contributed by atoms with Crippen molar-refractivity contribution in [3.05, 3.63) is 66.2 Å². The molecule has 0 unspecified atom stereocenters. The Bertz CT molecular complexity index is 1020. The Morgan fingerprint density at radius 1 is 0.897 bits per heavy atom. The fraction of sp³-hybridized carbons (Fsp3) is 0.182. The minimum atomic E-state index is -4.49. The third-order valence-electron chi connectivity index (χ3n) is 4.74. The fourth-order valence-electron chi connectivity index (χ4n) is 3.42. The zero-order valence-corrected chi connectivity index (χ0v) is 16.1. The molecule has 29 heavy (non-hydrogen) atoms. The van der Waals surface area contributed by atoms with E-state index in [2.05, 4.69) is 0 Å². The van der Waals surface area contributed by atoms with Crippen LogP contribution in [0.5, 0.6) is 17.2 Å². The molecule has 150 valence electrons. The predicted octanol–water partition coefficient (Wildman–Crippen LogP) is 6.36. The summed E-state index contributed by atoms with van der Waals surface area (Å²) in [7, 11) is 4.78. The van der Waals surface area contributed by atoms with Crippen molar-refractivity contribution in [2.75, 3.05) is 31.0 Å². The molecule has 3 aromatic rings. The zero-order valence-electron chi connectivity index (χ0n) is 16.1. The molecule has 0 atom stereocenters. The van der Waals surface area contributed by atoms with Crippen LogP contribution < -0.4 is 19.3 Å². The summed E-state index contributed by atoms with van der Waals surface area (Å²) in [5.74, 6) is 1.34. The highest BCUT2D eigenvalue weighted by atomic mass is 19.4. The van der Waals surface area contributed by atoms with Gasteiger partial charge in [0.2, 0.25) is 0 Å². The van der Waals surface area contributed by atoms with Gasteiger partial charge in [-0.3, -0.25) is 4.90 Å². The summed E-state index contributed by atoms with van der Waals surface area (Å²) in [5, 5.41) is 0. The Morgan fingerprint density at radius 2 is 1.45 bits per heavy atom. The molecule has 0 saturated heterocycles. The van der Waals surface area contributed by atoms with Crippen LogP contribution in [-0.4, -0.2) is 21.2 Å². The van der Waals surface area contributed by atoms with Crippen LogP contribution >= 0.6 is 0 Å². The van der Waals surface area contributed by atoms with E-state index in [4.69, 9.17) is 9.47 Å². The lowest BCUT2D eigenvalue weighted by molar-refractivity contribution is -0.137. The molecule has 0 radical (unpaired) electrons. The van der Waals surface area contributed by atoms with Crippen LogP contribution in [0.2, 0.25) is 0 Å². The van der Waals surface area contributed by atoms with Gasteiger partial charge in [0.25, 0.3) is 0 Å². The van der Waals surface area contributed by atoms with Crippen LogP contribution in [0.25, 0.3) is 0 Å². The Hall–Kier alpha value is -3.35. The van der Waals surface area contributed by atoms with Gasteiger partial charge in [-0.25, -0.2) is 0 Å². The van der Waals surface area contributed by atoms with Gasteiger partial charge >= 0.3 is 6.18 Å². The number of hydrogen-bond acceptors (Lipinski definition) is 4. The van der Waals surface area contributed by atoms with Gasteiger partial charge in [-0.05, 0) is 36.4 Å². The van der Waals surface area contributed by atoms with Crippen LogP contribution in [0.1, 0.15) is 5.56 Å². The number of anilines is 4. The van der Waals surface area contributed by atoms with Crippen LogP contribution in [0.3, 0.4) is 0 Å². The van der Waals surface area contributed by atoms with Crippen molar-refractivity contribution in [1.82, 2.24) is 0 Å². The molecule has 0 aromatic heterocycles. The lowest BCUT2D eigenvalue weighted by Gasteiger charge is -2.36. The van der Waals surface area contributed by atoms with Crippen molar-refractivity contribution < 1.29 is 22.6 Å². The first kappa shape index (κ1) is 19.0. The van der Waals surface area contributed by atoms with Crippen molar-refractivity contribution in [1.29, 1.82) is 0 Å². The van der Waals surface area contributed by atoms with E-state index in [-0.39, 0.29) is 5.75 Å². The summed E-state index contributed by atoms with van der Waals surface area (Å²) in [6.07, 6.45) is -4.49. The average molecular weight is 400 g/mol. The van der Waals surface area contributed by atoms with E-state index in [0.29, 0.717) is 34.2 Å². The van der Waals surface area contributed by atoms with Crippen LogP contribution in [-0.2, 0) is 6.18 Å². The van der Waals surface area contributed by atoms with Crippen molar-refractivity contribution in [3.63, 3.8) is 0 Å². The Morgan fingerprint density at radius 3 is 1.93 bits per heavy atom. The third-order valence-corrected chi connectivity index (χ3v) is 4.74. The van der Waals surface area contributed by atoms with Crippen LogP contribution in [0, 0.1) is 0 Å². The van der Waals surface area contributed by atoms with Gasteiger partial charge in [0.1, 0.15) is 11.4 Å². The quantitative estimate of drug-likeness (QED) is 0.400. The Labute approximate surface area is 166 Å². The molecule has 4 rings (SSSR count). The molecule has 1 aliphatic heterocycles. The van der Waals surface area contributed by atoms with Crippen molar-refractivity contribution in [2.24, 2.45) is 0 Å². The maximum absolute atomic E-state index is 13.5. The Balaban J connectivity index is 2.05. The monoisotopic (exact) mass is 400 g/mol. The molecule has 4 nitrogen and oxygen atoms in total. The van der Waals surface area contributed by atoms with E-state index in [9.17, 15) is 13.2 Å². The molecule has 0 saturated carbocycles. The summed E-state index contributed by atoms with van der Waals surface area (Å²) in [6.45, 7) is 0. The van der Waals surface area contributed by atoms with E-state index in [1.807, 2.05) is 53.4 Å². The summed E-state index contributed by atoms with van der Waals surface area (Å²) < 4.78 is 51.9. The molecule has 1 aliphatic rings. The number of benzene rings is 3. The van der Waals surface area contributed by atoms with E-state index in [1.54, 1.807) is 19.0 Å². The topological polar surface area (TPSA) is 24.9 Å². The lowest BCUT2D eigenvalue weighted by atomic mass is 10.1. The summed E-state index contributed by atoms with van der Waals surface area (Å²) in [5.41, 5.74) is 1.55. The summed E-state index contributed by atoms with van der Waals surface area (Å²) >= 11 is 0. The highest BCUT2D eigenvalue weighted by Gasteiger charge is 2.36. The largest absolute Gasteiger partial charge is 0.494 e. The Kier molecular flexibility index (Phi) is 4.53. The maximum atomic E-state index is 13.5. The number of alkyl halides is 3. The number of para-hydroxylation sites is 4. The minimum absolute atomic E-state index is 0.120. The first-order valence-electron chi connectivity index (χ1n) is 8.94. The van der Waals surface area contributed by atoms with Gasteiger partial charge in [-0.1, -0.05) is 24.3 Å². The molecule has 0 fully saturated rings. The minimum Gasteiger partial charge on any atom is -0.494 e. The van der Waals surface area contributed by atoms with E-state index in [1.165, 1.54) is 7.11 Å². The van der Waals surface area contributed by atoms with Crippen molar-refractivity contribution in [2.45, 2.75) is 6.18 Å². The second-order valence-corrected chi connectivity index (χ2v) is 6.81. The molecule has 3 aromatic carbocycles. The number of hydrogen-bond donors (Lipinski definition) is 0. The normalized spacial score (nSPS) is 12.7. The second kappa shape index (κ2) is 6.92. The van der Waals surface area contributed by atoms with E-state index >= 15 is 0 Å². The number of ether oxygens (including phenoxy) is 2. The number of halogens is 3. The standard InChI is InChI=1S/C22H19F3N2O2/c1-26(2)17-12-14(22(23,24)25)13-20(28-3)21(17)27-15-8-4-6-10-18(15)29-19-11-7-5-9-16(19)27/h4-13H,1-3H3. The third kappa shape index (κ3) is 3.22. The van der Waals surface area contributed by atoms with Gasteiger partial charge in [-0.2, -0.15) is 13.2 Å².